The summed E-state index contributed by atoms with van der Waals surface area (Å²) < 4.78 is 56.2. The normalized spacial score (nSPS) is 16.3. The molecule has 4 N–H and O–H groups in total. The van der Waals surface area contributed by atoms with E-state index < -0.39 is 12.1 Å². The van der Waals surface area contributed by atoms with Crippen LogP contribution in [0, 0.1) is 5.82 Å². The van der Waals surface area contributed by atoms with Gasteiger partial charge in [-0.15, -0.1) is 13.2 Å². The van der Waals surface area contributed by atoms with Crippen LogP contribution in [0.4, 0.5) is 23.2 Å². The molecule has 7 nitrogen and oxygen atoms in total. The fourth-order valence-corrected chi connectivity index (χ4v) is 5.24. The van der Waals surface area contributed by atoms with Gasteiger partial charge in [-0.05, 0) is 76.0 Å². The lowest BCUT2D eigenvalue weighted by Crippen LogP contribution is -2.38. The monoisotopic (exact) mass is 536 g/mol. The SMILES string of the molecule is CC(C)O.Nc1cc(OC(F)(F)F)ccc1C(=O)N1CCC(c2c(F)cnc3[nH]c4c(c23)CCCC4)CC1. The van der Waals surface area contributed by atoms with Crippen molar-refractivity contribution in [2.45, 2.75) is 70.8 Å². The van der Waals surface area contributed by atoms with Crippen molar-refractivity contribution >= 4 is 22.6 Å². The second-order valence-corrected chi connectivity index (χ2v) is 9.99. The number of anilines is 1. The Balaban J connectivity index is 0.000000786. The van der Waals surface area contributed by atoms with Gasteiger partial charge >= 0.3 is 6.36 Å². The van der Waals surface area contributed by atoms with Crippen LogP contribution >= 0.6 is 0 Å². The number of hydrogen-bond donors (Lipinski definition) is 3. The number of aliphatic hydroxyl groups is 1. The van der Waals surface area contributed by atoms with Crippen LogP contribution in [-0.2, 0) is 12.8 Å². The number of nitrogens with one attached hydrogen (secondary N) is 1. The van der Waals surface area contributed by atoms with Crippen molar-refractivity contribution in [1.29, 1.82) is 0 Å². The molecule has 0 bridgehead atoms. The van der Waals surface area contributed by atoms with Crippen LogP contribution in [0.25, 0.3) is 11.0 Å². The van der Waals surface area contributed by atoms with Crippen LogP contribution in [0.5, 0.6) is 5.75 Å². The van der Waals surface area contributed by atoms with E-state index in [0.29, 0.717) is 31.5 Å². The highest BCUT2D eigenvalue weighted by atomic mass is 19.4. The minimum atomic E-state index is -4.84. The lowest BCUT2D eigenvalue weighted by Gasteiger charge is -2.33. The molecule has 1 saturated heterocycles. The molecule has 2 aliphatic rings. The molecule has 1 aliphatic carbocycles. The van der Waals surface area contributed by atoms with Crippen LogP contribution in [0.1, 0.15) is 72.6 Å². The number of likely N-dealkylation sites (tertiary alicyclic amines) is 1. The Bertz CT molecular complexity index is 1290. The van der Waals surface area contributed by atoms with Crippen molar-refractivity contribution in [2.75, 3.05) is 18.8 Å². The van der Waals surface area contributed by atoms with Gasteiger partial charge < -0.3 is 25.5 Å². The van der Waals surface area contributed by atoms with Gasteiger partial charge in [0.1, 0.15) is 17.2 Å². The maximum atomic E-state index is 15.0. The van der Waals surface area contributed by atoms with Gasteiger partial charge in [0.25, 0.3) is 5.91 Å². The third-order valence-corrected chi connectivity index (χ3v) is 6.79. The Kier molecular flexibility index (Phi) is 8.15. The number of benzene rings is 1. The third-order valence-electron chi connectivity index (χ3n) is 6.79. The molecule has 0 atom stereocenters. The number of nitrogens with zero attached hydrogens (tertiary/aromatic N) is 2. The molecule has 3 heterocycles. The number of ether oxygens (including phenoxy) is 1. The summed E-state index contributed by atoms with van der Waals surface area (Å²) in [7, 11) is 0. The third kappa shape index (κ3) is 6.20. The number of alkyl halides is 3. The molecule has 1 amide bonds. The first-order chi connectivity index (χ1) is 17.9. The van der Waals surface area contributed by atoms with E-state index in [4.69, 9.17) is 10.8 Å². The van der Waals surface area contributed by atoms with Gasteiger partial charge in [0, 0.05) is 47.6 Å². The molecule has 5 rings (SSSR count). The lowest BCUT2D eigenvalue weighted by molar-refractivity contribution is -0.274. The van der Waals surface area contributed by atoms with E-state index in [0.717, 1.165) is 60.1 Å². The van der Waals surface area contributed by atoms with Gasteiger partial charge in [-0.2, -0.15) is 0 Å². The molecule has 0 radical (unpaired) electrons. The average Bonchev–Trinajstić information content (AvgIpc) is 3.21. The predicted molar refractivity (Wildman–Crippen MR) is 135 cm³/mol. The second-order valence-electron chi connectivity index (χ2n) is 9.99. The number of nitrogens with two attached hydrogens (primary N) is 1. The molecule has 3 aromatic rings. The maximum Gasteiger partial charge on any atom is 0.573 e. The molecular weight excluding hydrogens is 504 g/mol. The number of carbonyl (C=O) groups excluding carboxylic acids is 1. The first-order valence-corrected chi connectivity index (χ1v) is 12.7. The molecule has 38 heavy (non-hydrogen) atoms. The van der Waals surface area contributed by atoms with Gasteiger partial charge in [0.15, 0.2) is 0 Å². The zero-order valence-electron chi connectivity index (χ0n) is 21.4. The first kappa shape index (κ1) is 27.7. The van der Waals surface area contributed by atoms with Gasteiger partial charge in [0.2, 0.25) is 0 Å². The van der Waals surface area contributed by atoms with E-state index in [-0.39, 0.29) is 35.0 Å². The van der Waals surface area contributed by atoms with Crippen molar-refractivity contribution < 1.29 is 32.2 Å². The van der Waals surface area contributed by atoms with Gasteiger partial charge in [0.05, 0.1) is 11.8 Å². The summed E-state index contributed by atoms with van der Waals surface area (Å²) in [5.41, 5.74) is 9.57. The number of aryl methyl sites for hydroxylation is 2. The number of aromatic amines is 1. The molecule has 0 unspecified atom stereocenters. The number of H-pyrrole nitrogens is 1. The number of halogens is 4. The molecule has 1 fully saturated rings. The Labute approximate surface area is 218 Å². The number of fused-ring (bicyclic) bond motifs is 3. The zero-order valence-corrected chi connectivity index (χ0v) is 21.4. The topological polar surface area (TPSA) is 104 Å². The highest BCUT2D eigenvalue weighted by Gasteiger charge is 2.33. The van der Waals surface area contributed by atoms with Gasteiger partial charge in [-0.25, -0.2) is 9.37 Å². The van der Waals surface area contributed by atoms with Crippen molar-refractivity contribution in [3.63, 3.8) is 0 Å². The van der Waals surface area contributed by atoms with E-state index in [9.17, 15) is 18.0 Å². The number of nitrogen functional groups attached to an aromatic ring is 1. The molecule has 0 saturated carbocycles. The summed E-state index contributed by atoms with van der Waals surface area (Å²) in [6.07, 6.45) is 1.40. The van der Waals surface area contributed by atoms with Crippen molar-refractivity contribution in [1.82, 2.24) is 14.9 Å². The number of rotatable bonds is 3. The van der Waals surface area contributed by atoms with Crippen LogP contribution in [-0.4, -0.2) is 51.4 Å². The highest BCUT2D eigenvalue weighted by Crippen LogP contribution is 2.39. The van der Waals surface area contributed by atoms with E-state index in [1.165, 1.54) is 12.3 Å². The summed E-state index contributed by atoms with van der Waals surface area (Å²) in [5, 5.41) is 8.95. The Morgan fingerprint density at radius 3 is 2.50 bits per heavy atom. The molecule has 2 aromatic heterocycles. The summed E-state index contributed by atoms with van der Waals surface area (Å²) in [5.74, 6) is -1.23. The highest BCUT2D eigenvalue weighted by molar-refractivity contribution is 5.99. The Morgan fingerprint density at radius 1 is 1.21 bits per heavy atom. The fraction of sp³-hybridized carbons (Fsp3) is 0.481. The Morgan fingerprint density at radius 2 is 1.87 bits per heavy atom. The fourth-order valence-electron chi connectivity index (χ4n) is 5.24. The number of piperidine rings is 1. The predicted octanol–water partition coefficient (Wildman–Crippen LogP) is 5.47. The number of carbonyl (C=O) groups is 1. The van der Waals surface area contributed by atoms with Crippen molar-refractivity contribution in [3.05, 3.63) is 52.6 Å². The summed E-state index contributed by atoms with van der Waals surface area (Å²) >= 11 is 0. The quantitative estimate of drug-likeness (QED) is 0.304. The van der Waals surface area contributed by atoms with Crippen LogP contribution < -0.4 is 10.5 Å². The molecule has 206 valence electrons. The second kappa shape index (κ2) is 11.2. The maximum absolute atomic E-state index is 15.0. The van der Waals surface area contributed by atoms with Gasteiger partial charge in [-0.1, -0.05) is 0 Å². The van der Waals surface area contributed by atoms with E-state index >= 15 is 4.39 Å². The van der Waals surface area contributed by atoms with Gasteiger partial charge in [-0.3, -0.25) is 4.79 Å². The molecule has 11 heteroatoms. The number of aliphatic hydroxyl groups excluding tert-OH is 1. The summed E-state index contributed by atoms with van der Waals surface area (Å²) in [6.45, 7) is 4.22. The molecular formula is C27H32F4N4O3. The average molecular weight is 537 g/mol. The number of aromatic nitrogens is 2. The first-order valence-electron chi connectivity index (χ1n) is 12.7. The van der Waals surface area contributed by atoms with Crippen molar-refractivity contribution in [3.8, 4) is 5.75 Å². The molecule has 0 spiro atoms. The van der Waals surface area contributed by atoms with Crippen LogP contribution in [0.2, 0.25) is 0 Å². The number of hydrogen-bond acceptors (Lipinski definition) is 5. The molecule has 1 aromatic carbocycles. The standard InChI is InChI=1S/C24H24F4N4O2.C3H8O/c25-17-12-30-22-21(16-3-1-2-4-19(16)31-22)20(17)13-7-9-32(10-8-13)23(33)15-6-5-14(11-18(15)29)34-24(26,27)28;1-3(2)4/h5-6,11-13H,1-4,7-10,29H2,(H,30,31);3-4H,1-2H3. The summed E-state index contributed by atoms with van der Waals surface area (Å²) in [4.78, 5) is 22.2. The lowest BCUT2D eigenvalue weighted by atomic mass is 9.85. The molecule has 1 aliphatic heterocycles. The summed E-state index contributed by atoms with van der Waals surface area (Å²) in [6, 6.07) is 3.30. The van der Waals surface area contributed by atoms with E-state index in [1.54, 1.807) is 18.7 Å². The minimum Gasteiger partial charge on any atom is -0.406 e. The van der Waals surface area contributed by atoms with E-state index in [2.05, 4.69) is 14.7 Å². The van der Waals surface area contributed by atoms with Crippen molar-refractivity contribution in [2.24, 2.45) is 0 Å². The zero-order chi connectivity index (χ0) is 27.6. The van der Waals surface area contributed by atoms with E-state index in [1.807, 2.05) is 0 Å². The smallest absolute Gasteiger partial charge is 0.406 e. The van der Waals surface area contributed by atoms with Crippen LogP contribution in [0.3, 0.4) is 0 Å². The largest absolute Gasteiger partial charge is 0.573 e. The Hall–Kier alpha value is -3.34. The minimum absolute atomic E-state index is 0.0590. The number of amides is 1. The van der Waals surface area contributed by atoms with Crippen LogP contribution in [0.15, 0.2) is 24.4 Å². The number of pyridine rings is 1.